The van der Waals surface area contributed by atoms with Gasteiger partial charge in [-0.25, -0.2) is 9.97 Å². The van der Waals surface area contributed by atoms with E-state index in [-0.39, 0.29) is 4.99 Å². The van der Waals surface area contributed by atoms with E-state index in [0.29, 0.717) is 18.2 Å². The van der Waals surface area contributed by atoms with Gasteiger partial charge in [-0.15, -0.1) is 0 Å². The Labute approximate surface area is 123 Å². The van der Waals surface area contributed by atoms with Gasteiger partial charge in [0.15, 0.2) is 0 Å². The van der Waals surface area contributed by atoms with Gasteiger partial charge in [0.1, 0.15) is 16.4 Å². The SMILES string of the molecule is COc1ccc(CN(C)c2nccc(C(N)=S)n2)cc1. The molecule has 0 bridgehead atoms. The van der Waals surface area contributed by atoms with Gasteiger partial charge in [-0.2, -0.15) is 0 Å². The molecule has 0 amide bonds. The third-order valence-electron chi connectivity index (χ3n) is 2.82. The summed E-state index contributed by atoms with van der Waals surface area (Å²) < 4.78 is 5.13. The second-order valence-corrected chi connectivity index (χ2v) is 4.75. The molecule has 6 heteroatoms. The fraction of sp³-hybridized carbons (Fsp3) is 0.214. The van der Waals surface area contributed by atoms with Crippen molar-refractivity contribution in [1.29, 1.82) is 0 Å². The van der Waals surface area contributed by atoms with Gasteiger partial charge >= 0.3 is 0 Å². The molecule has 0 saturated carbocycles. The smallest absolute Gasteiger partial charge is 0.225 e. The number of anilines is 1. The van der Waals surface area contributed by atoms with E-state index < -0.39 is 0 Å². The van der Waals surface area contributed by atoms with Crippen LogP contribution >= 0.6 is 12.2 Å². The van der Waals surface area contributed by atoms with Crippen molar-refractivity contribution in [3.05, 3.63) is 47.8 Å². The van der Waals surface area contributed by atoms with Crippen molar-refractivity contribution >= 4 is 23.2 Å². The highest BCUT2D eigenvalue weighted by atomic mass is 32.1. The summed E-state index contributed by atoms with van der Waals surface area (Å²) in [5.41, 5.74) is 7.29. The van der Waals surface area contributed by atoms with Crippen LogP contribution in [0.3, 0.4) is 0 Å². The minimum Gasteiger partial charge on any atom is -0.497 e. The highest BCUT2D eigenvalue weighted by molar-refractivity contribution is 7.80. The lowest BCUT2D eigenvalue weighted by atomic mass is 10.2. The number of rotatable bonds is 5. The Morgan fingerprint density at radius 1 is 1.30 bits per heavy atom. The topological polar surface area (TPSA) is 64.3 Å². The lowest BCUT2D eigenvalue weighted by Gasteiger charge is -2.17. The van der Waals surface area contributed by atoms with Crippen LogP contribution in [0.25, 0.3) is 0 Å². The van der Waals surface area contributed by atoms with Crippen LogP contribution in [0.15, 0.2) is 36.5 Å². The number of nitrogens with two attached hydrogens (primary N) is 1. The maximum atomic E-state index is 5.58. The second kappa shape index (κ2) is 6.29. The predicted octanol–water partition coefficient (Wildman–Crippen LogP) is 1.76. The van der Waals surface area contributed by atoms with Crippen molar-refractivity contribution in [2.24, 2.45) is 5.73 Å². The summed E-state index contributed by atoms with van der Waals surface area (Å²) in [5, 5.41) is 0. The molecule has 0 aliphatic carbocycles. The van der Waals surface area contributed by atoms with Crippen LogP contribution < -0.4 is 15.4 Å². The predicted molar refractivity (Wildman–Crippen MR) is 83.0 cm³/mol. The third kappa shape index (κ3) is 3.42. The number of ether oxygens (including phenoxy) is 1. The molecule has 2 rings (SSSR count). The summed E-state index contributed by atoms with van der Waals surface area (Å²) in [6.07, 6.45) is 1.65. The Morgan fingerprint density at radius 3 is 2.60 bits per heavy atom. The van der Waals surface area contributed by atoms with Gasteiger partial charge in [0.25, 0.3) is 0 Å². The Balaban J connectivity index is 2.12. The largest absolute Gasteiger partial charge is 0.497 e. The minimum absolute atomic E-state index is 0.270. The van der Waals surface area contributed by atoms with Gasteiger partial charge in [0, 0.05) is 19.8 Å². The van der Waals surface area contributed by atoms with Gasteiger partial charge in [0.05, 0.1) is 7.11 Å². The molecule has 0 aliphatic rings. The lowest BCUT2D eigenvalue weighted by Crippen LogP contribution is -2.21. The molecule has 2 aromatic rings. The van der Waals surface area contributed by atoms with Crippen molar-refractivity contribution in [3.63, 3.8) is 0 Å². The molecule has 20 heavy (non-hydrogen) atoms. The first-order valence-corrected chi connectivity index (χ1v) is 6.48. The van der Waals surface area contributed by atoms with Crippen LogP contribution in [0.1, 0.15) is 11.3 Å². The molecule has 0 aliphatic heterocycles. The average Bonchev–Trinajstić information content (AvgIpc) is 2.48. The van der Waals surface area contributed by atoms with Crippen LogP contribution in [0.2, 0.25) is 0 Å². The first-order valence-electron chi connectivity index (χ1n) is 6.07. The summed E-state index contributed by atoms with van der Waals surface area (Å²) in [4.78, 5) is 10.8. The highest BCUT2D eigenvalue weighted by Crippen LogP contribution is 2.14. The standard InChI is InChI=1S/C14H16N4OS/c1-18(9-10-3-5-11(19-2)6-4-10)14-16-8-7-12(17-14)13(15)20/h3-8H,9H2,1-2H3,(H2,15,20). The van der Waals surface area contributed by atoms with E-state index in [1.807, 2.05) is 36.2 Å². The first-order chi connectivity index (χ1) is 9.60. The monoisotopic (exact) mass is 288 g/mol. The summed E-state index contributed by atoms with van der Waals surface area (Å²) in [7, 11) is 3.57. The zero-order valence-corrected chi connectivity index (χ0v) is 12.2. The number of nitrogens with zero attached hydrogens (tertiary/aromatic N) is 3. The van der Waals surface area contributed by atoms with E-state index in [1.54, 1.807) is 19.4 Å². The van der Waals surface area contributed by atoms with Crippen LogP contribution in [0.4, 0.5) is 5.95 Å². The molecular formula is C14H16N4OS. The molecular weight excluding hydrogens is 272 g/mol. The van der Waals surface area contributed by atoms with Crippen molar-refractivity contribution in [1.82, 2.24) is 9.97 Å². The summed E-state index contributed by atoms with van der Waals surface area (Å²) in [6.45, 7) is 0.685. The number of methoxy groups -OCH3 is 1. The molecule has 1 heterocycles. The zero-order chi connectivity index (χ0) is 14.5. The van der Waals surface area contributed by atoms with E-state index in [9.17, 15) is 0 Å². The number of benzene rings is 1. The fourth-order valence-corrected chi connectivity index (χ4v) is 1.86. The Morgan fingerprint density at radius 2 is 2.00 bits per heavy atom. The summed E-state index contributed by atoms with van der Waals surface area (Å²) in [6, 6.07) is 9.57. The molecule has 1 aromatic heterocycles. The first kappa shape index (κ1) is 14.2. The van der Waals surface area contributed by atoms with Gasteiger partial charge in [-0.3, -0.25) is 0 Å². The molecule has 0 fully saturated rings. The molecule has 1 aromatic carbocycles. The normalized spacial score (nSPS) is 10.1. The fourth-order valence-electron chi connectivity index (χ4n) is 1.75. The third-order valence-corrected chi connectivity index (χ3v) is 3.02. The minimum atomic E-state index is 0.270. The Kier molecular flexibility index (Phi) is 4.47. The van der Waals surface area contributed by atoms with Crippen LogP contribution in [0.5, 0.6) is 5.75 Å². The molecule has 0 radical (unpaired) electrons. The average molecular weight is 288 g/mol. The molecule has 2 N–H and O–H groups in total. The van der Waals surface area contributed by atoms with Crippen molar-refractivity contribution in [2.45, 2.75) is 6.54 Å². The van der Waals surface area contributed by atoms with Crippen molar-refractivity contribution in [2.75, 3.05) is 19.1 Å². The maximum absolute atomic E-state index is 5.58. The van der Waals surface area contributed by atoms with Crippen LogP contribution in [-0.4, -0.2) is 29.1 Å². The Hall–Kier alpha value is -2.21. The van der Waals surface area contributed by atoms with Gasteiger partial charge in [-0.05, 0) is 23.8 Å². The van der Waals surface area contributed by atoms with Crippen LogP contribution in [-0.2, 0) is 6.54 Å². The Bertz CT molecular complexity index is 600. The highest BCUT2D eigenvalue weighted by Gasteiger charge is 2.07. The molecule has 104 valence electrons. The molecule has 0 saturated heterocycles. The molecule has 0 spiro atoms. The van der Waals surface area contributed by atoms with E-state index in [4.69, 9.17) is 22.7 Å². The number of aromatic nitrogens is 2. The second-order valence-electron chi connectivity index (χ2n) is 4.31. The number of thiocarbonyl (C=S) groups is 1. The van der Waals surface area contributed by atoms with E-state index >= 15 is 0 Å². The summed E-state index contributed by atoms with van der Waals surface area (Å²) in [5.74, 6) is 1.43. The quantitative estimate of drug-likeness (QED) is 0.846. The van der Waals surface area contributed by atoms with Crippen molar-refractivity contribution in [3.8, 4) is 5.75 Å². The lowest BCUT2D eigenvalue weighted by molar-refractivity contribution is 0.414. The van der Waals surface area contributed by atoms with E-state index in [0.717, 1.165) is 11.3 Å². The maximum Gasteiger partial charge on any atom is 0.225 e. The van der Waals surface area contributed by atoms with E-state index in [2.05, 4.69) is 9.97 Å². The summed E-state index contributed by atoms with van der Waals surface area (Å²) >= 11 is 4.92. The van der Waals surface area contributed by atoms with Gasteiger partial charge in [0.2, 0.25) is 5.95 Å². The van der Waals surface area contributed by atoms with Gasteiger partial charge in [-0.1, -0.05) is 24.4 Å². The van der Waals surface area contributed by atoms with Gasteiger partial charge < -0.3 is 15.4 Å². The van der Waals surface area contributed by atoms with Crippen LogP contribution in [0, 0.1) is 0 Å². The zero-order valence-electron chi connectivity index (χ0n) is 11.4. The number of hydrogen-bond donors (Lipinski definition) is 1. The number of hydrogen-bond acceptors (Lipinski definition) is 5. The molecule has 0 atom stereocenters. The molecule has 0 unspecified atom stereocenters. The van der Waals surface area contributed by atoms with E-state index in [1.165, 1.54) is 0 Å². The molecule has 5 nitrogen and oxygen atoms in total. The van der Waals surface area contributed by atoms with Crippen molar-refractivity contribution < 1.29 is 4.74 Å².